The summed E-state index contributed by atoms with van der Waals surface area (Å²) in [6.45, 7) is 3.34. The van der Waals surface area contributed by atoms with Gasteiger partial charge in [0.2, 0.25) is 0 Å². The second-order valence-electron chi connectivity index (χ2n) is 6.64. The van der Waals surface area contributed by atoms with Crippen LogP contribution in [-0.2, 0) is 0 Å². The number of unbranched alkanes of at least 4 members (excludes halogenated alkanes) is 1. The molecule has 2 aliphatic carbocycles. The van der Waals surface area contributed by atoms with Crippen LogP contribution >= 0.6 is 0 Å². The van der Waals surface area contributed by atoms with Gasteiger partial charge in [-0.2, -0.15) is 0 Å². The van der Waals surface area contributed by atoms with E-state index in [1.54, 1.807) is 0 Å². The molecule has 19 heavy (non-hydrogen) atoms. The monoisotopic (exact) mass is 261 g/mol. The lowest BCUT2D eigenvalue weighted by molar-refractivity contribution is 0.107. The second-order valence-corrected chi connectivity index (χ2v) is 6.64. The zero-order valence-electron chi connectivity index (χ0n) is 12.7. The minimum atomic E-state index is 0.723. The molecule has 2 saturated carbocycles. The molecule has 0 spiro atoms. The zero-order chi connectivity index (χ0) is 13.5. The van der Waals surface area contributed by atoms with E-state index in [2.05, 4.69) is 18.2 Å². The van der Waals surface area contributed by atoms with E-state index in [1.165, 1.54) is 57.8 Å². The lowest BCUT2D eigenvalue weighted by atomic mass is 9.65. The van der Waals surface area contributed by atoms with E-state index in [0.717, 1.165) is 36.8 Å². The summed E-state index contributed by atoms with van der Waals surface area (Å²) in [6.07, 6.45) is 19.2. The third-order valence-electron chi connectivity index (χ3n) is 5.45. The van der Waals surface area contributed by atoms with Gasteiger partial charge < -0.3 is 5.32 Å². The number of hydrogen-bond acceptors (Lipinski definition) is 1. The normalized spacial score (nSPS) is 32.3. The van der Waals surface area contributed by atoms with Crippen molar-refractivity contribution in [1.29, 1.82) is 0 Å². The highest BCUT2D eigenvalue weighted by Crippen LogP contribution is 2.44. The summed E-state index contributed by atoms with van der Waals surface area (Å²) in [6, 6.07) is 0.723. The maximum atomic E-state index is 5.38. The highest BCUT2D eigenvalue weighted by atomic mass is 14.9. The summed E-state index contributed by atoms with van der Waals surface area (Å²) in [7, 11) is 0. The smallest absolute Gasteiger partial charge is 0.00956 e. The van der Waals surface area contributed by atoms with Crippen LogP contribution in [0.4, 0.5) is 0 Å². The lowest BCUT2D eigenvalue weighted by Gasteiger charge is -2.42. The molecular weight excluding hydrogens is 230 g/mol. The molecule has 0 aliphatic heterocycles. The van der Waals surface area contributed by atoms with Crippen LogP contribution in [0.25, 0.3) is 0 Å². The predicted molar refractivity (Wildman–Crippen MR) is 82.9 cm³/mol. The Kier molecular flexibility index (Phi) is 6.24. The van der Waals surface area contributed by atoms with Crippen LogP contribution in [0.5, 0.6) is 0 Å². The summed E-state index contributed by atoms with van der Waals surface area (Å²) < 4.78 is 0. The molecule has 0 radical (unpaired) electrons. The highest BCUT2D eigenvalue weighted by molar-refractivity contribution is 4.89. The van der Waals surface area contributed by atoms with Gasteiger partial charge in [-0.15, -0.1) is 12.3 Å². The molecule has 0 heterocycles. The van der Waals surface area contributed by atoms with Crippen molar-refractivity contribution in [2.75, 3.05) is 6.54 Å². The molecule has 0 aromatic heterocycles. The highest BCUT2D eigenvalue weighted by Gasteiger charge is 2.34. The van der Waals surface area contributed by atoms with E-state index >= 15 is 0 Å². The van der Waals surface area contributed by atoms with Crippen molar-refractivity contribution in [2.24, 2.45) is 17.8 Å². The van der Waals surface area contributed by atoms with Gasteiger partial charge in [-0.3, -0.25) is 0 Å². The maximum absolute atomic E-state index is 5.38. The van der Waals surface area contributed by atoms with Crippen molar-refractivity contribution in [2.45, 2.75) is 77.2 Å². The van der Waals surface area contributed by atoms with Gasteiger partial charge in [-0.1, -0.05) is 32.6 Å². The Balaban J connectivity index is 1.85. The maximum Gasteiger partial charge on any atom is 0.00956 e. The van der Waals surface area contributed by atoms with Crippen molar-refractivity contribution in [3.63, 3.8) is 0 Å². The summed E-state index contributed by atoms with van der Waals surface area (Å²) in [4.78, 5) is 0. The predicted octanol–water partition coefficient (Wildman–Crippen LogP) is 4.37. The first-order valence-corrected chi connectivity index (χ1v) is 8.52. The fraction of sp³-hybridized carbons (Fsp3) is 0.889. The molecule has 1 nitrogen and oxygen atoms in total. The molecule has 2 rings (SSSR count). The van der Waals surface area contributed by atoms with Crippen LogP contribution in [-0.4, -0.2) is 12.6 Å². The van der Waals surface area contributed by atoms with E-state index in [4.69, 9.17) is 6.42 Å². The van der Waals surface area contributed by atoms with Gasteiger partial charge >= 0.3 is 0 Å². The van der Waals surface area contributed by atoms with E-state index < -0.39 is 0 Å². The molecule has 2 fully saturated rings. The van der Waals surface area contributed by atoms with Crippen molar-refractivity contribution in [1.82, 2.24) is 5.32 Å². The molecular formula is C18H31N. The van der Waals surface area contributed by atoms with E-state index in [0.29, 0.717) is 0 Å². The van der Waals surface area contributed by atoms with Crippen LogP contribution in [0.3, 0.4) is 0 Å². The molecule has 0 aromatic carbocycles. The van der Waals surface area contributed by atoms with Gasteiger partial charge in [0.25, 0.3) is 0 Å². The topological polar surface area (TPSA) is 12.0 Å². The summed E-state index contributed by atoms with van der Waals surface area (Å²) in [5, 5.41) is 3.74. The van der Waals surface area contributed by atoms with Crippen molar-refractivity contribution in [3.05, 3.63) is 0 Å². The Bertz CT molecular complexity index is 291. The molecule has 0 amide bonds. The van der Waals surface area contributed by atoms with Crippen LogP contribution < -0.4 is 5.32 Å². The first kappa shape index (κ1) is 14.9. The number of fused-ring (bicyclic) bond motifs is 1. The first-order valence-electron chi connectivity index (χ1n) is 8.52. The van der Waals surface area contributed by atoms with E-state index in [9.17, 15) is 0 Å². The molecule has 2 aliphatic rings. The minimum Gasteiger partial charge on any atom is -0.314 e. The average Bonchev–Trinajstić information content (AvgIpc) is 2.46. The fourth-order valence-electron chi connectivity index (χ4n) is 4.47. The number of hydrogen-bond donors (Lipinski definition) is 1. The molecule has 1 N–H and O–H groups in total. The first-order chi connectivity index (χ1) is 9.35. The standard InChI is InChI=1S/C18H31N/c1-3-5-6-11-18(19-4-2)17-13-12-15-9-7-8-10-16(15)14-17/h1,15-19H,4-14H2,2H3. The molecule has 0 bridgehead atoms. The Morgan fingerprint density at radius 1 is 1.16 bits per heavy atom. The zero-order valence-corrected chi connectivity index (χ0v) is 12.7. The molecule has 4 unspecified atom stereocenters. The van der Waals surface area contributed by atoms with Crippen molar-refractivity contribution < 1.29 is 0 Å². The average molecular weight is 261 g/mol. The summed E-state index contributed by atoms with van der Waals surface area (Å²) in [5.41, 5.74) is 0. The molecule has 1 heteroatoms. The van der Waals surface area contributed by atoms with Crippen LogP contribution in [0.1, 0.15) is 71.1 Å². The third kappa shape index (κ3) is 4.25. The van der Waals surface area contributed by atoms with Crippen LogP contribution in [0, 0.1) is 30.1 Å². The minimum absolute atomic E-state index is 0.723. The molecule has 108 valence electrons. The van der Waals surface area contributed by atoms with E-state index in [-0.39, 0.29) is 0 Å². The largest absolute Gasteiger partial charge is 0.314 e. The van der Waals surface area contributed by atoms with Gasteiger partial charge in [-0.05, 0) is 56.4 Å². The van der Waals surface area contributed by atoms with Gasteiger partial charge in [0.05, 0.1) is 0 Å². The summed E-state index contributed by atoms with van der Waals surface area (Å²) >= 11 is 0. The van der Waals surface area contributed by atoms with Crippen LogP contribution in [0.2, 0.25) is 0 Å². The fourth-order valence-corrected chi connectivity index (χ4v) is 4.47. The molecule has 4 atom stereocenters. The Morgan fingerprint density at radius 3 is 2.68 bits per heavy atom. The Hall–Kier alpha value is -0.480. The van der Waals surface area contributed by atoms with Gasteiger partial charge in [0.1, 0.15) is 0 Å². The van der Waals surface area contributed by atoms with Gasteiger partial charge in [-0.25, -0.2) is 0 Å². The van der Waals surface area contributed by atoms with Crippen LogP contribution in [0.15, 0.2) is 0 Å². The molecule has 0 aromatic rings. The summed E-state index contributed by atoms with van der Waals surface area (Å²) in [5.74, 6) is 5.81. The quantitative estimate of drug-likeness (QED) is 0.553. The Morgan fingerprint density at radius 2 is 1.95 bits per heavy atom. The Labute approximate surface area is 119 Å². The van der Waals surface area contributed by atoms with Crippen molar-refractivity contribution in [3.8, 4) is 12.3 Å². The number of terminal acetylenes is 1. The van der Waals surface area contributed by atoms with Crippen molar-refractivity contribution >= 4 is 0 Å². The molecule has 0 saturated heterocycles. The number of nitrogens with one attached hydrogen (secondary N) is 1. The third-order valence-corrected chi connectivity index (χ3v) is 5.45. The lowest BCUT2D eigenvalue weighted by Crippen LogP contribution is -2.41. The van der Waals surface area contributed by atoms with Gasteiger partial charge in [0.15, 0.2) is 0 Å². The van der Waals surface area contributed by atoms with Gasteiger partial charge in [0, 0.05) is 12.5 Å². The number of rotatable bonds is 6. The second kappa shape index (κ2) is 7.95. The van der Waals surface area contributed by atoms with E-state index in [1.807, 2.05) is 0 Å². The SMILES string of the molecule is C#CCCCC(NCC)C1CCC2CCCCC2C1.